The van der Waals surface area contributed by atoms with E-state index in [1.54, 1.807) is 26.0 Å². The van der Waals surface area contributed by atoms with Crippen LogP contribution in [0, 0.1) is 13.8 Å². The maximum absolute atomic E-state index is 13.6. The minimum Gasteiger partial charge on any atom is -0.508 e. The molecular weight excluding hydrogens is 552 g/mol. The predicted molar refractivity (Wildman–Crippen MR) is 145 cm³/mol. The summed E-state index contributed by atoms with van der Waals surface area (Å²) in [5, 5.41) is 30.7. The van der Waals surface area contributed by atoms with Crippen molar-refractivity contribution in [3.63, 3.8) is 0 Å². The second-order valence-corrected chi connectivity index (χ2v) is 11.9. The van der Waals surface area contributed by atoms with Crippen LogP contribution in [-0.2, 0) is 10.5 Å². The molecule has 2 aromatic heterocycles. The Bertz CT molecular complexity index is 1550. The number of phenolic OH excluding ortho intramolecular Hbond substituents is 1. The third-order valence-corrected chi connectivity index (χ3v) is 9.23. The van der Waals surface area contributed by atoms with Gasteiger partial charge in [0.15, 0.2) is 10.1 Å². The molecule has 1 aliphatic rings. The maximum atomic E-state index is 13.6. The van der Waals surface area contributed by atoms with E-state index < -0.39 is 23.5 Å². The van der Waals surface area contributed by atoms with Crippen LogP contribution in [0.4, 0.5) is 5.13 Å². The minimum absolute atomic E-state index is 0.0313. The fourth-order valence-corrected chi connectivity index (χ4v) is 7.01. The van der Waals surface area contributed by atoms with Crippen LogP contribution < -0.4 is 4.90 Å². The number of rotatable bonds is 7. The number of phenols is 1. The first-order valence-corrected chi connectivity index (χ1v) is 14.0. The van der Waals surface area contributed by atoms with Gasteiger partial charge in [0.2, 0.25) is 10.9 Å². The standard InChI is InChI=1S/C25H19ClN4O4S3/c1-12-22(36-13(2)27-12)20(32)18-19(14-7-9-16(31)10-8-14)30(23(34)21(18)33)24-28-29-25(37-24)35-11-15-5-3-4-6-17(15)26/h3-10,19,31,33H,11H2,1-2H3. The van der Waals surface area contributed by atoms with Gasteiger partial charge in [0.25, 0.3) is 5.91 Å². The third-order valence-electron chi connectivity index (χ3n) is 5.68. The van der Waals surface area contributed by atoms with Crippen molar-refractivity contribution in [2.24, 2.45) is 0 Å². The van der Waals surface area contributed by atoms with Gasteiger partial charge in [-0.05, 0) is 43.2 Å². The Morgan fingerprint density at radius 3 is 2.49 bits per heavy atom. The van der Waals surface area contributed by atoms with Gasteiger partial charge in [-0.15, -0.1) is 21.5 Å². The molecule has 4 aromatic rings. The van der Waals surface area contributed by atoms with Gasteiger partial charge in [0.1, 0.15) is 5.75 Å². The molecule has 2 aromatic carbocycles. The number of carbonyl (C=O) groups excluding carboxylic acids is 2. The number of hydrogen-bond acceptors (Lipinski definition) is 10. The van der Waals surface area contributed by atoms with E-state index in [1.165, 1.54) is 51.5 Å². The van der Waals surface area contributed by atoms with Gasteiger partial charge in [-0.25, -0.2) is 4.98 Å². The summed E-state index contributed by atoms with van der Waals surface area (Å²) in [6.07, 6.45) is 0. The van der Waals surface area contributed by atoms with Crippen molar-refractivity contribution < 1.29 is 19.8 Å². The van der Waals surface area contributed by atoms with E-state index >= 15 is 0 Å². The molecule has 12 heteroatoms. The Balaban J connectivity index is 1.51. The lowest BCUT2D eigenvalue weighted by molar-refractivity contribution is -0.117. The van der Waals surface area contributed by atoms with E-state index in [9.17, 15) is 19.8 Å². The molecule has 0 radical (unpaired) electrons. The molecule has 8 nitrogen and oxygen atoms in total. The highest BCUT2D eigenvalue weighted by Crippen LogP contribution is 2.44. The SMILES string of the molecule is Cc1nc(C)c(C(=O)C2=C(O)C(=O)N(c3nnc(SCc4ccccc4Cl)s3)C2c2ccc(O)cc2)s1. The summed E-state index contributed by atoms with van der Waals surface area (Å²) in [6.45, 7) is 3.50. The predicted octanol–water partition coefficient (Wildman–Crippen LogP) is 6.05. The smallest absolute Gasteiger partial charge is 0.296 e. The molecule has 1 aliphatic heterocycles. The summed E-state index contributed by atoms with van der Waals surface area (Å²) in [4.78, 5) is 32.9. The van der Waals surface area contributed by atoms with E-state index in [1.807, 2.05) is 24.3 Å². The number of ketones is 1. The number of thiazole rings is 1. The molecule has 5 rings (SSSR count). The number of aromatic hydroxyl groups is 1. The van der Waals surface area contributed by atoms with Crippen LogP contribution in [0.1, 0.15) is 37.5 Å². The van der Waals surface area contributed by atoms with Gasteiger partial charge in [0.05, 0.1) is 27.2 Å². The molecule has 188 valence electrons. The summed E-state index contributed by atoms with van der Waals surface area (Å²) in [5.41, 5.74) is 1.92. The first-order valence-electron chi connectivity index (χ1n) is 11.0. The Kier molecular flexibility index (Phi) is 7.04. The van der Waals surface area contributed by atoms with Gasteiger partial charge in [-0.2, -0.15) is 0 Å². The minimum atomic E-state index is -0.961. The molecule has 0 saturated carbocycles. The monoisotopic (exact) mass is 570 g/mol. The fraction of sp³-hybridized carbons (Fsp3) is 0.160. The number of benzene rings is 2. The summed E-state index contributed by atoms with van der Waals surface area (Å²) >= 11 is 10.1. The molecule has 0 bridgehead atoms. The molecule has 1 unspecified atom stereocenters. The van der Waals surface area contributed by atoms with E-state index in [4.69, 9.17) is 11.6 Å². The largest absolute Gasteiger partial charge is 0.508 e. The van der Waals surface area contributed by atoms with Crippen molar-refractivity contribution in [3.8, 4) is 5.75 Å². The number of thioether (sulfide) groups is 1. The lowest BCUT2D eigenvalue weighted by atomic mass is 9.95. The lowest BCUT2D eigenvalue weighted by Crippen LogP contribution is -2.31. The zero-order valence-electron chi connectivity index (χ0n) is 19.5. The van der Waals surface area contributed by atoms with E-state index in [-0.39, 0.29) is 16.5 Å². The van der Waals surface area contributed by atoms with Crippen molar-refractivity contribution >= 4 is 62.9 Å². The van der Waals surface area contributed by atoms with Crippen LogP contribution in [0.15, 0.2) is 64.2 Å². The molecule has 1 atom stereocenters. The topological polar surface area (TPSA) is 117 Å². The highest BCUT2D eigenvalue weighted by atomic mass is 35.5. The summed E-state index contributed by atoms with van der Waals surface area (Å²) in [6, 6.07) is 12.7. The Hall–Kier alpha value is -3.25. The zero-order chi connectivity index (χ0) is 26.3. The number of aromatic nitrogens is 3. The van der Waals surface area contributed by atoms with Crippen molar-refractivity contribution in [1.29, 1.82) is 0 Å². The highest BCUT2D eigenvalue weighted by Gasteiger charge is 2.46. The first-order chi connectivity index (χ1) is 17.7. The fourth-order valence-electron chi connectivity index (χ4n) is 3.98. The summed E-state index contributed by atoms with van der Waals surface area (Å²) in [7, 11) is 0. The first kappa shape index (κ1) is 25.4. The van der Waals surface area contributed by atoms with Crippen molar-refractivity contribution in [2.45, 2.75) is 30.0 Å². The average molecular weight is 571 g/mol. The number of amides is 1. The van der Waals surface area contributed by atoms with E-state index in [0.29, 0.717) is 36.3 Å². The number of halogens is 1. The van der Waals surface area contributed by atoms with Gasteiger partial charge < -0.3 is 10.2 Å². The molecule has 0 aliphatic carbocycles. The molecular formula is C25H19ClN4O4S3. The highest BCUT2D eigenvalue weighted by molar-refractivity contribution is 8.00. The molecule has 0 spiro atoms. The van der Waals surface area contributed by atoms with Crippen LogP contribution in [0.25, 0.3) is 0 Å². The van der Waals surface area contributed by atoms with Gasteiger partial charge in [0, 0.05) is 10.8 Å². The Morgan fingerprint density at radius 1 is 1.08 bits per heavy atom. The Morgan fingerprint density at radius 2 is 1.81 bits per heavy atom. The van der Waals surface area contributed by atoms with Crippen LogP contribution in [0.5, 0.6) is 5.75 Å². The zero-order valence-corrected chi connectivity index (χ0v) is 22.7. The normalized spacial score (nSPS) is 15.6. The van der Waals surface area contributed by atoms with Crippen molar-refractivity contribution in [1.82, 2.24) is 15.2 Å². The molecule has 1 amide bonds. The van der Waals surface area contributed by atoms with Crippen LogP contribution in [-0.4, -0.2) is 37.1 Å². The van der Waals surface area contributed by atoms with Crippen LogP contribution in [0.3, 0.4) is 0 Å². The van der Waals surface area contributed by atoms with Gasteiger partial charge in [-0.3, -0.25) is 14.5 Å². The molecule has 37 heavy (non-hydrogen) atoms. The summed E-state index contributed by atoms with van der Waals surface area (Å²) < 4.78 is 0.598. The Labute approximate surface area is 229 Å². The second-order valence-electron chi connectivity index (χ2n) is 8.14. The summed E-state index contributed by atoms with van der Waals surface area (Å²) in [5.74, 6) is -1.29. The van der Waals surface area contributed by atoms with Gasteiger partial charge >= 0.3 is 0 Å². The number of carbonyl (C=O) groups is 2. The number of aliphatic hydroxyl groups excluding tert-OH is 1. The lowest BCUT2D eigenvalue weighted by Gasteiger charge is -2.24. The van der Waals surface area contributed by atoms with E-state index in [2.05, 4.69) is 15.2 Å². The number of aryl methyl sites for hydroxylation is 2. The van der Waals surface area contributed by atoms with Crippen LogP contribution in [0.2, 0.25) is 5.02 Å². The van der Waals surface area contributed by atoms with Gasteiger partial charge in [-0.1, -0.05) is 65.0 Å². The maximum Gasteiger partial charge on any atom is 0.296 e. The average Bonchev–Trinajstić information content (AvgIpc) is 3.55. The van der Waals surface area contributed by atoms with Crippen LogP contribution >= 0.6 is 46.0 Å². The number of hydrogen-bond donors (Lipinski definition) is 2. The quantitative estimate of drug-likeness (QED) is 0.157. The molecule has 0 saturated heterocycles. The number of nitrogens with zero attached hydrogens (tertiary/aromatic N) is 4. The number of anilines is 1. The van der Waals surface area contributed by atoms with Crippen molar-refractivity contribution in [3.05, 3.63) is 91.6 Å². The second kappa shape index (κ2) is 10.3. The molecule has 2 N–H and O–H groups in total. The number of aliphatic hydroxyl groups is 1. The van der Waals surface area contributed by atoms with Crippen molar-refractivity contribution in [2.75, 3.05) is 4.90 Å². The molecule has 0 fully saturated rings. The third kappa shape index (κ3) is 4.87. The number of Topliss-reactive ketones (excluding diaryl/α,β-unsaturated/α-hetero) is 1. The molecule has 3 heterocycles. The van der Waals surface area contributed by atoms with E-state index in [0.717, 1.165) is 5.56 Å².